The lowest BCUT2D eigenvalue weighted by atomic mass is 9.97. The zero-order valence-corrected chi connectivity index (χ0v) is 10.4. The first-order valence-corrected chi connectivity index (χ1v) is 6.52. The maximum Gasteiger partial charge on any atom is 0.171 e. The van der Waals surface area contributed by atoms with Gasteiger partial charge in [-0.2, -0.15) is 5.10 Å². The normalized spacial score (nSPS) is 29.2. The van der Waals surface area contributed by atoms with Crippen molar-refractivity contribution >= 4 is 11.5 Å². The maximum atomic E-state index is 5.91. The van der Waals surface area contributed by atoms with Crippen molar-refractivity contribution in [3.63, 3.8) is 0 Å². The summed E-state index contributed by atoms with van der Waals surface area (Å²) in [5, 5.41) is 7.86. The fraction of sp³-hybridized carbons (Fsp3) is 0.750. The Kier molecular flexibility index (Phi) is 2.70. The molecule has 2 aliphatic rings. The van der Waals surface area contributed by atoms with Gasteiger partial charge >= 0.3 is 0 Å². The van der Waals surface area contributed by atoms with Crippen LogP contribution >= 0.6 is 0 Å². The molecule has 0 amide bonds. The number of aryl methyl sites for hydroxylation is 1. The van der Waals surface area contributed by atoms with Crippen LogP contribution in [0.15, 0.2) is 6.20 Å². The molecule has 94 valence electrons. The number of fused-ring (bicyclic) bond motifs is 1. The lowest BCUT2D eigenvalue weighted by Gasteiger charge is -2.35. The lowest BCUT2D eigenvalue weighted by Crippen LogP contribution is -2.42. The predicted molar refractivity (Wildman–Crippen MR) is 68.9 cm³/mol. The molecule has 0 aliphatic carbocycles. The van der Waals surface area contributed by atoms with Gasteiger partial charge in [-0.05, 0) is 32.2 Å². The number of aromatic nitrogens is 2. The first-order valence-electron chi connectivity index (χ1n) is 6.52. The molecule has 2 atom stereocenters. The number of nitrogens with zero attached hydrogens (tertiary/aromatic N) is 3. The van der Waals surface area contributed by atoms with E-state index in [0.717, 1.165) is 17.5 Å². The zero-order chi connectivity index (χ0) is 11.8. The van der Waals surface area contributed by atoms with Gasteiger partial charge in [0, 0.05) is 31.9 Å². The van der Waals surface area contributed by atoms with E-state index in [2.05, 4.69) is 15.3 Å². The molecule has 1 aromatic heterocycles. The highest BCUT2D eigenvalue weighted by Gasteiger charge is 2.31. The smallest absolute Gasteiger partial charge is 0.171 e. The van der Waals surface area contributed by atoms with E-state index >= 15 is 0 Å². The van der Waals surface area contributed by atoms with Crippen molar-refractivity contribution in [1.82, 2.24) is 14.7 Å². The zero-order valence-electron chi connectivity index (χ0n) is 10.4. The van der Waals surface area contributed by atoms with E-state index < -0.39 is 0 Å². The van der Waals surface area contributed by atoms with E-state index in [-0.39, 0.29) is 0 Å². The van der Waals surface area contributed by atoms with Crippen molar-refractivity contribution < 1.29 is 0 Å². The van der Waals surface area contributed by atoms with E-state index in [1.165, 1.54) is 38.8 Å². The van der Waals surface area contributed by atoms with E-state index in [1.807, 2.05) is 13.2 Å². The van der Waals surface area contributed by atoms with Gasteiger partial charge in [0.15, 0.2) is 5.82 Å². The third-order valence-electron chi connectivity index (χ3n) is 4.02. The Morgan fingerprint density at radius 1 is 1.41 bits per heavy atom. The van der Waals surface area contributed by atoms with Crippen molar-refractivity contribution in [2.75, 3.05) is 24.1 Å². The molecular formula is C12H21N5. The van der Waals surface area contributed by atoms with E-state index in [9.17, 15) is 0 Å². The second-order valence-corrected chi connectivity index (χ2v) is 5.30. The van der Waals surface area contributed by atoms with Gasteiger partial charge in [0.05, 0.1) is 5.69 Å². The molecule has 0 radical (unpaired) electrons. The lowest BCUT2D eigenvalue weighted by molar-refractivity contribution is 0.188. The second-order valence-electron chi connectivity index (χ2n) is 5.30. The Labute approximate surface area is 102 Å². The Morgan fingerprint density at radius 3 is 3.06 bits per heavy atom. The van der Waals surface area contributed by atoms with Crippen molar-refractivity contribution in [2.45, 2.75) is 37.8 Å². The number of nitrogens with one attached hydrogen (secondary N) is 1. The van der Waals surface area contributed by atoms with Crippen LogP contribution in [-0.4, -0.2) is 39.9 Å². The molecule has 2 unspecified atom stereocenters. The quantitative estimate of drug-likeness (QED) is 0.804. The summed E-state index contributed by atoms with van der Waals surface area (Å²) in [6.07, 6.45) is 7.01. The molecule has 0 spiro atoms. The molecular weight excluding hydrogens is 214 g/mol. The van der Waals surface area contributed by atoms with Crippen molar-refractivity contribution in [3.05, 3.63) is 6.20 Å². The Morgan fingerprint density at radius 2 is 2.29 bits per heavy atom. The number of hydrogen-bond acceptors (Lipinski definition) is 4. The number of anilines is 2. The van der Waals surface area contributed by atoms with Gasteiger partial charge in [-0.25, -0.2) is 0 Å². The van der Waals surface area contributed by atoms with Crippen LogP contribution in [0.5, 0.6) is 0 Å². The summed E-state index contributed by atoms with van der Waals surface area (Å²) in [5.41, 5.74) is 6.66. The molecule has 2 fully saturated rings. The standard InChI is InChI=1S/C12H21N5/c1-16-8-11(13)12(15-16)14-9-4-6-17-5-2-3-10(17)7-9/h8-10H,2-7,13H2,1H3,(H,14,15). The van der Waals surface area contributed by atoms with Crippen LogP contribution in [0, 0.1) is 0 Å². The molecule has 3 heterocycles. The van der Waals surface area contributed by atoms with Crippen molar-refractivity contribution in [2.24, 2.45) is 7.05 Å². The number of nitrogens with two attached hydrogens (primary N) is 1. The first kappa shape index (κ1) is 10.9. The SMILES string of the molecule is Cn1cc(N)c(NC2CCN3CCCC3C2)n1. The van der Waals surface area contributed by atoms with Crippen LogP contribution in [0.25, 0.3) is 0 Å². The molecule has 2 aliphatic heterocycles. The van der Waals surface area contributed by atoms with Crippen LogP contribution in [0.2, 0.25) is 0 Å². The third-order valence-corrected chi connectivity index (χ3v) is 4.02. The van der Waals surface area contributed by atoms with Gasteiger partial charge in [-0.15, -0.1) is 0 Å². The van der Waals surface area contributed by atoms with E-state index in [1.54, 1.807) is 4.68 Å². The number of hydrogen-bond donors (Lipinski definition) is 2. The Hall–Kier alpha value is -1.23. The van der Waals surface area contributed by atoms with Gasteiger partial charge in [0.2, 0.25) is 0 Å². The van der Waals surface area contributed by atoms with Gasteiger partial charge in [0.25, 0.3) is 0 Å². The molecule has 1 aromatic rings. The minimum absolute atomic E-state index is 0.534. The van der Waals surface area contributed by atoms with Gasteiger partial charge < -0.3 is 16.0 Å². The van der Waals surface area contributed by atoms with Gasteiger partial charge in [-0.1, -0.05) is 0 Å². The molecule has 0 saturated carbocycles. The van der Waals surface area contributed by atoms with Crippen molar-refractivity contribution in [3.8, 4) is 0 Å². The average Bonchev–Trinajstić information content (AvgIpc) is 2.85. The molecule has 2 saturated heterocycles. The number of piperidine rings is 1. The first-order chi connectivity index (χ1) is 8.22. The van der Waals surface area contributed by atoms with Crippen LogP contribution in [0.4, 0.5) is 11.5 Å². The average molecular weight is 235 g/mol. The molecule has 3 N–H and O–H groups in total. The van der Waals surface area contributed by atoms with E-state index in [0.29, 0.717) is 6.04 Å². The maximum absolute atomic E-state index is 5.91. The van der Waals surface area contributed by atoms with Crippen LogP contribution in [0.3, 0.4) is 0 Å². The summed E-state index contributed by atoms with van der Waals surface area (Å²) in [4.78, 5) is 2.62. The monoisotopic (exact) mass is 235 g/mol. The molecule has 3 rings (SSSR count). The summed E-state index contributed by atoms with van der Waals surface area (Å²) < 4.78 is 1.77. The highest BCUT2D eigenvalue weighted by Crippen LogP contribution is 2.29. The fourth-order valence-corrected chi connectivity index (χ4v) is 3.17. The summed E-state index contributed by atoms with van der Waals surface area (Å²) in [6.45, 7) is 2.51. The molecule has 5 nitrogen and oxygen atoms in total. The summed E-state index contributed by atoms with van der Waals surface area (Å²) in [7, 11) is 1.90. The van der Waals surface area contributed by atoms with Crippen LogP contribution in [0.1, 0.15) is 25.7 Å². The highest BCUT2D eigenvalue weighted by molar-refractivity contribution is 5.60. The van der Waals surface area contributed by atoms with Crippen LogP contribution < -0.4 is 11.1 Å². The number of rotatable bonds is 2. The second kappa shape index (κ2) is 4.22. The summed E-state index contributed by atoms with van der Waals surface area (Å²) in [5.74, 6) is 0.851. The van der Waals surface area contributed by atoms with Crippen molar-refractivity contribution in [1.29, 1.82) is 0 Å². The minimum atomic E-state index is 0.534. The minimum Gasteiger partial charge on any atom is -0.394 e. The molecule has 0 aromatic carbocycles. The Bertz CT molecular complexity index is 400. The fourth-order valence-electron chi connectivity index (χ4n) is 3.17. The summed E-state index contributed by atoms with van der Waals surface area (Å²) in [6, 6.07) is 1.32. The number of nitrogen functional groups attached to an aromatic ring is 1. The van der Waals surface area contributed by atoms with Crippen LogP contribution in [-0.2, 0) is 7.05 Å². The summed E-state index contributed by atoms with van der Waals surface area (Å²) >= 11 is 0. The third kappa shape index (κ3) is 2.11. The highest BCUT2D eigenvalue weighted by atomic mass is 15.3. The van der Waals surface area contributed by atoms with Gasteiger partial charge in [-0.3, -0.25) is 4.68 Å². The predicted octanol–water partition coefficient (Wildman–Crippen LogP) is 1.04. The largest absolute Gasteiger partial charge is 0.394 e. The molecule has 17 heavy (non-hydrogen) atoms. The molecule has 0 bridgehead atoms. The van der Waals surface area contributed by atoms with Gasteiger partial charge in [0.1, 0.15) is 0 Å². The molecule has 5 heteroatoms. The van der Waals surface area contributed by atoms with E-state index in [4.69, 9.17) is 5.73 Å². The Balaban J connectivity index is 1.64. The topological polar surface area (TPSA) is 59.1 Å².